The number of H-pyrrole nitrogens is 1. The van der Waals surface area contributed by atoms with Crippen molar-refractivity contribution in [2.45, 2.75) is 26.2 Å². The number of nitrogens with zero attached hydrogens (tertiary/aromatic N) is 2. The summed E-state index contributed by atoms with van der Waals surface area (Å²) >= 11 is 1.69. The standard InChI is InChI=1S/C23H25N3O2S/c1-15-2-8-18-19(14-15)29-23-21(18)22(27)24-20(25-23)9-5-16-3-6-17(7-4-16)26-10-12-28-13-11-26/h3-7,9,15H,2,8,10-14H2,1H3,(H,24,25,27)/b9-5+/t15-/m1/s1. The summed E-state index contributed by atoms with van der Waals surface area (Å²) in [5.41, 5.74) is 3.52. The van der Waals surface area contributed by atoms with Crippen molar-refractivity contribution in [1.82, 2.24) is 9.97 Å². The Kier molecular flexibility index (Phi) is 4.97. The molecule has 2 aromatic heterocycles. The molecule has 3 heterocycles. The zero-order chi connectivity index (χ0) is 19.8. The van der Waals surface area contributed by atoms with Gasteiger partial charge < -0.3 is 14.6 Å². The summed E-state index contributed by atoms with van der Waals surface area (Å²) in [5, 5.41) is 0.809. The highest BCUT2D eigenvalue weighted by Gasteiger charge is 2.22. The number of thiophene rings is 1. The van der Waals surface area contributed by atoms with Crippen LogP contribution in [0.1, 0.15) is 35.2 Å². The normalized spacial score (nSPS) is 19.8. The van der Waals surface area contributed by atoms with Crippen molar-refractivity contribution in [3.05, 3.63) is 56.4 Å². The Labute approximate surface area is 174 Å². The molecule has 0 unspecified atom stereocenters. The van der Waals surface area contributed by atoms with Crippen molar-refractivity contribution in [3.8, 4) is 0 Å². The van der Waals surface area contributed by atoms with E-state index in [0.717, 1.165) is 61.3 Å². The molecule has 0 spiro atoms. The van der Waals surface area contributed by atoms with E-state index in [1.807, 2.05) is 12.2 Å². The van der Waals surface area contributed by atoms with E-state index in [1.54, 1.807) is 11.3 Å². The number of rotatable bonds is 3. The second-order valence-electron chi connectivity index (χ2n) is 8.01. The van der Waals surface area contributed by atoms with Gasteiger partial charge in [-0.2, -0.15) is 0 Å². The maximum Gasteiger partial charge on any atom is 0.260 e. The van der Waals surface area contributed by atoms with E-state index in [1.165, 1.54) is 16.1 Å². The molecule has 0 saturated carbocycles. The number of fused-ring (bicyclic) bond motifs is 3. The van der Waals surface area contributed by atoms with Gasteiger partial charge in [-0.25, -0.2) is 4.98 Å². The molecule has 5 rings (SSSR count). The van der Waals surface area contributed by atoms with Gasteiger partial charge in [0.15, 0.2) is 0 Å². The quantitative estimate of drug-likeness (QED) is 0.710. The van der Waals surface area contributed by atoms with Crippen LogP contribution >= 0.6 is 11.3 Å². The van der Waals surface area contributed by atoms with Crippen LogP contribution in [0.3, 0.4) is 0 Å². The summed E-state index contributed by atoms with van der Waals surface area (Å²) in [4.78, 5) is 24.9. The molecule has 1 N–H and O–H groups in total. The largest absolute Gasteiger partial charge is 0.378 e. The van der Waals surface area contributed by atoms with Crippen LogP contribution in [-0.4, -0.2) is 36.3 Å². The average Bonchev–Trinajstić information content (AvgIpc) is 3.11. The van der Waals surface area contributed by atoms with E-state index < -0.39 is 0 Å². The maximum atomic E-state index is 12.7. The van der Waals surface area contributed by atoms with E-state index in [4.69, 9.17) is 9.72 Å². The molecule has 0 amide bonds. The van der Waals surface area contributed by atoms with E-state index >= 15 is 0 Å². The average molecular weight is 408 g/mol. The first kappa shape index (κ1) is 18.6. The highest BCUT2D eigenvalue weighted by atomic mass is 32.1. The van der Waals surface area contributed by atoms with Crippen LogP contribution in [0.2, 0.25) is 0 Å². The van der Waals surface area contributed by atoms with Crippen LogP contribution in [0.4, 0.5) is 5.69 Å². The summed E-state index contributed by atoms with van der Waals surface area (Å²) in [7, 11) is 0. The monoisotopic (exact) mass is 407 g/mol. The minimum atomic E-state index is -0.00984. The van der Waals surface area contributed by atoms with E-state index in [9.17, 15) is 4.79 Å². The molecule has 1 aromatic carbocycles. The second-order valence-corrected chi connectivity index (χ2v) is 9.09. The van der Waals surface area contributed by atoms with Crippen molar-refractivity contribution in [2.75, 3.05) is 31.2 Å². The van der Waals surface area contributed by atoms with Crippen LogP contribution in [0.25, 0.3) is 22.4 Å². The summed E-state index contributed by atoms with van der Waals surface area (Å²) in [5.74, 6) is 1.31. The van der Waals surface area contributed by atoms with E-state index in [2.05, 4.69) is 41.1 Å². The summed E-state index contributed by atoms with van der Waals surface area (Å²) < 4.78 is 5.42. The van der Waals surface area contributed by atoms with Gasteiger partial charge in [0.25, 0.3) is 5.56 Å². The third-order valence-electron chi connectivity index (χ3n) is 5.89. The lowest BCUT2D eigenvalue weighted by Gasteiger charge is -2.28. The molecule has 1 aliphatic carbocycles. The fourth-order valence-electron chi connectivity index (χ4n) is 4.24. The lowest BCUT2D eigenvalue weighted by molar-refractivity contribution is 0.122. The van der Waals surface area contributed by atoms with Crippen molar-refractivity contribution >= 4 is 39.4 Å². The smallest absolute Gasteiger partial charge is 0.260 e. The van der Waals surface area contributed by atoms with Crippen LogP contribution in [0.5, 0.6) is 0 Å². The first-order valence-electron chi connectivity index (χ1n) is 10.3. The Morgan fingerprint density at radius 2 is 2.00 bits per heavy atom. The van der Waals surface area contributed by atoms with Crippen LogP contribution in [0, 0.1) is 5.92 Å². The lowest BCUT2D eigenvalue weighted by atomic mass is 9.89. The van der Waals surface area contributed by atoms with Gasteiger partial charge >= 0.3 is 0 Å². The third kappa shape index (κ3) is 3.74. The van der Waals surface area contributed by atoms with Gasteiger partial charge in [-0.05, 0) is 54.5 Å². The highest BCUT2D eigenvalue weighted by molar-refractivity contribution is 7.18. The number of ether oxygens (including phenoxy) is 1. The predicted molar refractivity (Wildman–Crippen MR) is 120 cm³/mol. The molecule has 0 bridgehead atoms. The zero-order valence-electron chi connectivity index (χ0n) is 16.6. The van der Waals surface area contributed by atoms with Gasteiger partial charge in [0.2, 0.25) is 0 Å². The van der Waals surface area contributed by atoms with E-state index in [0.29, 0.717) is 11.7 Å². The number of nitrogens with one attached hydrogen (secondary N) is 1. The molecule has 29 heavy (non-hydrogen) atoms. The molecule has 6 heteroatoms. The Bertz CT molecular complexity index is 1110. The van der Waals surface area contributed by atoms with Gasteiger partial charge in [0, 0.05) is 23.7 Å². The fourth-order valence-corrected chi connectivity index (χ4v) is 5.63. The number of morpholine rings is 1. The second kappa shape index (κ2) is 7.76. The highest BCUT2D eigenvalue weighted by Crippen LogP contribution is 2.35. The first-order valence-corrected chi connectivity index (χ1v) is 11.1. The van der Waals surface area contributed by atoms with Gasteiger partial charge in [-0.1, -0.05) is 25.1 Å². The Hall–Kier alpha value is -2.44. The van der Waals surface area contributed by atoms with Crippen molar-refractivity contribution < 1.29 is 4.74 Å². The zero-order valence-corrected chi connectivity index (χ0v) is 17.4. The predicted octanol–water partition coefficient (Wildman–Crippen LogP) is 4.12. The molecule has 2 aliphatic rings. The van der Waals surface area contributed by atoms with Crippen molar-refractivity contribution in [3.63, 3.8) is 0 Å². The molecule has 0 radical (unpaired) electrons. The van der Waals surface area contributed by atoms with Gasteiger partial charge in [-0.3, -0.25) is 4.79 Å². The number of aryl methyl sites for hydroxylation is 1. The number of hydrogen-bond acceptors (Lipinski definition) is 5. The molecule has 1 atom stereocenters. The SMILES string of the molecule is C[C@@H]1CCc2c(sc3nc(/C=C/c4ccc(N5CCOCC5)cc4)[nH]c(=O)c23)C1. The van der Waals surface area contributed by atoms with Gasteiger partial charge in [0.05, 0.1) is 18.6 Å². The lowest BCUT2D eigenvalue weighted by Crippen LogP contribution is -2.36. The molecule has 150 valence electrons. The number of aromatic amines is 1. The summed E-state index contributed by atoms with van der Waals surface area (Å²) in [6.45, 7) is 5.72. The topological polar surface area (TPSA) is 58.2 Å². The van der Waals surface area contributed by atoms with Crippen LogP contribution in [-0.2, 0) is 17.6 Å². The van der Waals surface area contributed by atoms with Gasteiger partial charge in [-0.15, -0.1) is 11.3 Å². The Morgan fingerprint density at radius 1 is 1.21 bits per heavy atom. The molecular weight excluding hydrogens is 382 g/mol. The number of benzene rings is 1. The molecule has 1 fully saturated rings. The summed E-state index contributed by atoms with van der Waals surface area (Å²) in [6.07, 6.45) is 7.11. The fraction of sp³-hybridized carbons (Fsp3) is 0.391. The molecule has 5 nitrogen and oxygen atoms in total. The van der Waals surface area contributed by atoms with E-state index in [-0.39, 0.29) is 5.56 Å². The number of hydrogen-bond donors (Lipinski definition) is 1. The van der Waals surface area contributed by atoms with Crippen LogP contribution < -0.4 is 10.5 Å². The van der Waals surface area contributed by atoms with Crippen molar-refractivity contribution in [1.29, 1.82) is 0 Å². The maximum absolute atomic E-state index is 12.7. The minimum absolute atomic E-state index is 0.00984. The number of anilines is 1. The molecular formula is C23H25N3O2S. The number of aromatic nitrogens is 2. The first-order chi connectivity index (χ1) is 14.2. The third-order valence-corrected chi connectivity index (χ3v) is 7.03. The minimum Gasteiger partial charge on any atom is -0.378 e. The Morgan fingerprint density at radius 3 is 2.79 bits per heavy atom. The van der Waals surface area contributed by atoms with Gasteiger partial charge in [0.1, 0.15) is 10.7 Å². The van der Waals surface area contributed by atoms with Crippen molar-refractivity contribution in [2.24, 2.45) is 5.92 Å². The molecule has 1 saturated heterocycles. The summed E-state index contributed by atoms with van der Waals surface area (Å²) in [6, 6.07) is 8.48. The molecule has 3 aromatic rings. The van der Waals surface area contributed by atoms with Crippen LogP contribution in [0.15, 0.2) is 29.1 Å². The Balaban J connectivity index is 1.38. The molecule has 1 aliphatic heterocycles.